The maximum Gasteiger partial charge on any atom is 0.164 e. The SMILES string of the molecule is COc1cc(OC)c2c(c1OC)CCC1C(Cc3cccc(F)c3)NCC21.Cl. The molecule has 2 aliphatic rings. The Morgan fingerprint density at radius 1 is 1.07 bits per heavy atom. The minimum Gasteiger partial charge on any atom is -0.496 e. The van der Waals surface area contributed by atoms with Crippen LogP contribution in [0.4, 0.5) is 4.39 Å². The number of rotatable bonds is 5. The maximum atomic E-state index is 13.6. The van der Waals surface area contributed by atoms with Crippen molar-refractivity contribution in [3.63, 3.8) is 0 Å². The molecule has 2 aromatic rings. The number of hydrogen-bond acceptors (Lipinski definition) is 4. The van der Waals surface area contributed by atoms with Gasteiger partial charge in [0.05, 0.1) is 21.3 Å². The Balaban J connectivity index is 0.00000225. The van der Waals surface area contributed by atoms with Crippen LogP contribution in [0.3, 0.4) is 0 Å². The number of hydrogen-bond donors (Lipinski definition) is 1. The maximum absolute atomic E-state index is 13.6. The van der Waals surface area contributed by atoms with Gasteiger partial charge in [0.15, 0.2) is 11.5 Å². The number of fused-ring (bicyclic) bond motifs is 3. The molecule has 0 spiro atoms. The third-order valence-electron chi connectivity index (χ3n) is 6.07. The summed E-state index contributed by atoms with van der Waals surface area (Å²) in [5.74, 6) is 3.09. The second-order valence-corrected chi connectivity index (χ2v) is 7.36. The van der Waals surface area contributed by atoms with Crippen LogP contribution in [0.2, 0.25) is 0 Å². The molecule has 28 heavy (non-hydrogen) atoms. The highest BCUT2D eigenvalue weighted by Gasteiger charge is 2.43. The van der Waals surface area contributed by atoms with Gasteiger partial charge >= 0.3 is 0 Å². The molecule has 2 aromatic carbocycles. The van der Waals surface area contributed by atoms with E-state index in [1.54, 1.807) is 33.5 Å². The molecule has 0 radical (unpaired) electrons. The molecule has 0 amide bonds. The topological polar surface area (TPSA) is 39.7 Å². The lowest BCUT2D eigenvalue weighted by molar-refractivity contribution is 0.322. The molecule has 1 heterocycles. The van der Waals surface area contributed by atoms with Crippen LogP contribution in [0.15, 0.2) is 30.3 Å². The second-order valence-electron chi connectivity index (χ2n) is 7.36. The summed E-state index contributed by atoms with van der Waals surface area (Å²) < 4.78 is 30.5. The van der Waals surface area contributed by atoms with Crippen LogP contribution in [0.1, 0.15) is 29.0 Å². The molecular formula is C22H27ClFNO3. The minimum atomic E-state index is -0.172. The Bertz CT molecular complexity index is 845. The van der Waals surface area contributed by atoms with Gasteiger partial charge in [0.2, 0.25) is 0 Å². The Morgan fingerprint density at radius 3 is 2.54 bits per heavy atom. The molecule has 1 saturated heterocycles. The van der Waals surface area contributed by atoms with E-state index in [9.17, 15) is 4.39 Å². The fourth-order valence-corrected chi connectivity index (χ4v) is 4.91. The molecular weight excluding hydrogens is 381 g/mol. The van der Waals surface area contributed by atoms with Gasteiger partial charge in [-0.1, -0.05) is 12.1 Å². The van der Waals surface area contributed by atoms with Gasteiger partial charge in [-0.15, -0.1) is 12.4 Å². The summed E-state index contributed by atoms with van der Waals surface area (Å²) in [6.07, 6.45) is 2.83. The fourth-order valence-electron chi connectivity index (χ4n) is 4.91. The van der Waals surface area contributed by atoms with E-state index in [4.69, 9.17) is 14.2 Å². The summed E-state index contributed by atoms with van der Waals surface area (Å²) in [5, 5.41) is 3.67. The Labute approximate surface area is 171 Å². The molecule has 4 rings (SSSR count). The van der Waals surface area contributed by atoms with Crippen molar-refractivity contribution in [2.75, 3.05) is 27.9 Å². The number of benzene rings is 2. The van der Waals surface area contributed by atoms with Crippen LogP contribution in [-0.2, 0) is 12.8 Å². The van der Waals surface area contributed by atoms with E-state index in [-0.39, 0.29) is 18.2 Å². The van der Waals surface area contributed by atoms with Crippen molar-refractivity contribution in [3.8, 4) is 17.2 Å². The molecule has 152 valence electrons. The summed E-state index contributed by atoms with van der Waals surface area (Å²) in [6.45, 7) is 0.892. The summed E-state index contributed by atoms with van der Waals surface area (Å²) in [7, 11) is 5.05. The van der Waals surface area contributed by atoms with E-state index >= 15 is 0 Å². The zero-order valence-corrected chi connectivity index (χ0v) is 17.3. The lowest BCUT2D eigenvalue weighted by Crippen LogP contribution is -2.31. The molecule has 1 aliphatic heterocycles. The van der Waals surface area contributed by atoms with Gasteiger partial charge in [0, 0.05) is 35.7 Å². The van der Waals surface area contributed by atoms with Gasteiger partial charge < -0.3 is 19.5 Å². The third kappa shape index (κ3) is 3.53. The predicted molar refractivity (Wildman–Crippen MR) is 110 cm³/mol. The van der Waals surface area contributed by atoms with Gasteiger partial charge in [-0.3, -0.25) is 0 Å². The summed E-state index contributed by atoms with van der Waals surface area (Å²) in [4.78, 5) is 0. The average Bonchev–Trinajstić information content (AvgIpc) is 3.09. The van der Waals surface area contributed by atoms with Crippen molar-refractivity contribution in [2.45, 2.75) is 31.2 Å². The first-order chi connectivity index (χ1) is 13.2. The molecule has 0 saturated carbocycles. The molecule has 0 bridgehead atoms. The molecule has 1 N–H and O–H groups in total. The highest BCUT2D eigenvalue weighted by molar-refractivity contribution is 5.85. The van der Waals surface area contributed by atoms with Crippen molar-refractivity contribution in [3.05, 3.63) is 52.8 Å². The number of nitrogens with one attached hydrogen (secondary N) is 1. The Morgan fingerprint density at radius 2 is 1.86 bits per heavy atom. The quantitative estimate of drug-likeness (QED) is 0.808. The number of ether oxygens (including phenoxy) is 3. The van der Waals surface area contributed by atoms with Crippen molar-refractivity contribution in [2.24, 2.45) is 5.92 Å². The van der Waals surface area contributed by atoms with Crippen molar-refractivity contribution in [1.29, 1.82) is 0 Å². The second kappa shape index (κ2) is 8.58. The first-order valence-electron chi connectivity index (χ1n) is 9.45. The molecule has 1 fully saturated rings. The standard InChI is InChI=1S/C22H26FNO3.ClH/c1-25-19-11-20(26-2)22(27-3)16-8-7-15-17(21(16)19)12-24-18(15)10-13-5-4-6-14(23)9-13;/h4-6,9,11,15,17-18,24H,7-8,10,12H2,1-3H3;1H. The van der Waals surface area contributed by atoms with Crippen LogP contribution in [-0.4, -0.2) is 33.9 Å². The van der Waals surface area contributed by atoms with E-state index in [0.717, 1.165) is 42.9 Å². The van der Waals surface area contributed by atoms with Crippen molar-refractivity contribution >= 4 is 12.4 Å². The molecule has 3 atom stereocenters. The van der Waals surface area contributed by atoms with Crippen LogP contribution in [0.25, 0.3) is 0 Å². The third-order valence-corrected chi connectivity index (χ3v) is 6.07. The smallest absolute Gasteiger partial charge is 0.164 e. The zero-order valence-electron chi connectivity index (χ0n) is 16.5. The Hall–Kier alpha value is -1.98. The van der Waals surface area contributed by atoms with Gasteiger partial charge in [0.25, 0.3) is 0 Å². The fraction of sp³-hybridized carbons (Fsp3) is 0.455. The summed E-state index contributed by atoms with van der Waals surface area (Å²) in [6, 6.07) is 9.19. The van der Waals surface area contributed by atoms with Crippen LogP contribution in [0, 0.1) is 11.7 Å². The van der Waals surface area contributed by atoms with Crippen molar-refractivity contribution in [1.82, 2.24) is 5.32 Å². The van der Waals surface area contributed by atoms with Crippen LogP contribution >= 0.6 is 12.4 Å². The lowest BCUT2D eigenvalue weighted by Gasteiger charge is -2.33. The first kappa shape index (κ1) is 20.7. The summed E-state index contributed by atoms with van der Waals surface area (Å²) >= 11 is 0. The van der Waals surface area contributed by atoms with Gasteiger partial charge in [-0.25, -0.2) is 4.39 Å². The summed E-state index contributed by atoms with van der Waals surface area (Å²) in [5.41, 5.74) is 3.47. The van der Waals surface area contributed by atoms with Gasteiger partial charge in [-0.2, -0.15) is 0 Å². The largest absolute Gasteiger partial charge is 0.496 e. The molecule has 6 heteroatoms. The lowest BCUT2D eigenvalue weighted by atomic mass is 9.73. The monoisotopic (exact) mass is 407 g/mol. The highest BCUT2D eigenvalue weighted by atomic mass is 35.5. The van der Waals surface area contributed by atoms with Gasteiger partial charge in [-0.05, 0) is 42.9 Å². The molecule has 0 aromatic heterocycles. The van der Waals surface area contributed by atoms with Crippen LogP contribution in [0.5, 0.6) is 17.2 Å². The normalized spacial score (nSPS) is 22.6. The van der Waals surface area contributed by atoms with E-state index < -0.39 is 0 Å². The molecule has 3 unspecified atom stereocenters. The highest BCUT2D eigenvalue weighted by Crippen LogP contribution is 2.51. The predicted octanol–water partition coefficient (Wildman–Crippen LogP) is 4.13. The minimum absolute atomic E-state index is 0. The Kier molecular flexibility index (Phi) is 6.36. The van der Waals surface area contributed by atoms with E-state index in [1.807, 2.05) is 12.1 Å². The molecule has 1 aliphatic carbocycles. The first-order valence-corrected chi connectivity index (χ1v) is 9.45. The zero-order chi connectivity index (χ0) is 19.0. The average molecular weight is 408 g/mol. The number of halogens is 2. The molecule has 4 nitrogen and oxygen atoms in total. The van der Waals surface area contributed by atoms with E-state index in [1.165, 1.54) is 17.2 Å². The van der Waals surface area contributed by atoms with E-state index in [0.29, 0.717) is 23.6 Å². The van der Waals surface area contributed by atoms with Crippen LogP contribution < -0.4 is 19.5 Å². The van der Waals surface area contributed by atoms with Gasteiger partial charge in [0.1, 0.15) is 11.6 Å². The number of methoxy groups -OCH3 is 3. The van der Waals surface area contributed by atoms with Crippen molar-refractivity contribution < 1.29 is 18.6 Å². The van der Waals surface area contributed by atoms with E-state index in [2.05, 4.69) is 5.32 Å².